The Balaban J connectivity index is 0.00000385. The molecule has 2 N–H and O–H groups in total. The maximum Gasteiger partial charge on any atom is 0.191 e. The highest BCUT2D eigenvalue weighted by atomic mass is 127. The molecule has 8 heteroatoms. The van der Waals surface area contributed by atoms with Gasteiger partial charge in [-0.3, -0.25) is 4.99 Å². The minimum absolute atomic E-state index is 0. The van der Waals surface area contributed by atoms with E-state index in [1.807, 2.05) is 48.5 Å². The first-order valence-electron chi connectivity index (χ1n) is 11.3. The topological polar surface area (TPSA) is 73.3 Å². The molecular weight excluding hydrogens is 533 g/mol. The first-order valence-corrected chi connectivity index (χ1v) is 11.3. The molecule has 1 unspecified atom stereocenters. The summed E-state index contributed by atoms with van der Waals surface area (Å²) in [6, 6.07) is 16.0. The monoisotopic (exact) mass is 569 g/mol. The van der Waals surface area contributed by atoms with E-state index in [0.29, 0.717) is 32.1 Å². The van der Waals surface area contributed by atoms with Crippen molar-refractivity contribution in [3.05, 3.63) is 59.7 Å². The fourth-order valence-electron chi connectivity index (χ4n) is 3.45. The SMILES string of the molecule is CN=C(NCCCOCC1CCCO1)NCc1ccc(OCc2ccccc2)c(OC)c1.I. The van der Waals surface area contributed by atoms with E-state index in [1.165, 1.54) is 0 Å². The lowest BCUT2D eigenvalue weighted by molar-refractivity contribution is 0.0168. The molecule has 0 amide bonds. The van der Waals surface area contributed by atoms with Crippen molar-refractivity contribution in [3.63, 3.8) is 0 Å². The Kier molecular flexibility index (Phi) is 13.0. The van der Waals surface area contributed by atoms with Crippen LogP contribution in [-0.4, -0.2) is 52.6 Å². The van der Waals surface area contributed by atoms with Crippen molar-refractivity contribution in [2.75, 3.05) is 40.5 Å². The summed E-state index contributed by atoms with van der Waals surface area (Å²) < 4.78 is 22.7. The molecule has 1 heterocycles. The number of hydrogen-bond donors (Lipinski definition) is 2. The summed E-state index contributed by atoms with van der Waals surface area (Å²) >= 11 is 0. The first-order chi connectivity index (χ1) is 15.8. The van der Waals surface area contributed by atoms with Crippen LogP contribution in [0.15, 0.2) is 53.5 Å². The van der Waals surface area contributed by atoms with Crippen molar-refractivity contribution in [1.29, 1.82) is 0 Å². The highest BCUT2D eigenvalue weighted by molar-refractivity contribution is 14.0. The van der Waals surface area contributed by atoms with Crippen LogP contribution >= 0.6 is 24.0 Å². The summed E-state index contributed by atoms with van der Waals surface area (Å²) in [5.74, 6) is 2.20. The minimum Gasteiger partial charge on any atom is -0.493 e. The van der Waals surface area contributed by atoms with Gasteiger partial charge in [-0.25, -0.2) is 0 Å². The highest BCUT2D eigenvalue weighted by Gasteiger charge is 2.15. The summed E-state index contributed by atoms with van der Waals surface area (Å²) in [6.45, 7) is 4.20. The summed E-state index contributed by atoms with van der Waals surface area (Å²) in [4.78, 5) is 4.28. The number of nitrogens with zero attached hydrogens (tertiary/aromatic N) is 1. The van der Waals surface area contributed by atoms with Crippen molar-refractivity contribution in [2.45, 2.75) is 38.5 Å². The number of guanidine groups is 1. The fourth-order valence-corrected chi connectivity index (χ4v) is 3.45. The van der Waals surface area contributed by atoms with Crippen molar-refractivity contribution in [2.24, 2.45) is 4.99 Å². The molecule has 0 spiro atoms. The van der Waals surface area contributed by atoms with E-state index in [1.54, 1.807) is 14.2 Å². The van der Waals surface area contributed by atoms with Crippen LogP contribution in [0.5, 0.6) is 11.5 Å². The van der Waals surface area contributed by atoms with Crippen LogP contribution in [0.25, 0.3) is 0 Å². The van der Waals surface area contributed by atoms with Gasteiger partial charge in [-0.2, -0.15) is 0 Å². The largest absolute Gasteiger partial charge is 0.493 e. The zero-order chi connectivity index (χ0) is 22.4. The normalized spacial score (nSPS) is 15.6. The zero-order valence-electron chi connectivity index (χ0n) is 19.5. The Hall–Kier alpha value is -2.04. The van der Waals surface area contributed by atoms with Crippen LogP contribution in [0, 0.1) is 0 Å². The second-order valence-electron chi connectivity index (χ2n) is 7.68. The van der Waals surface area contributed by atoms with E-state index in [-0.39, 0.29) is 30.1 Å². The van der Waals surface area contributed by atoms with E-state index in [9.17, 15) is 0 Å². The Morgan fingerprint density at radius 2 is 1.94 bits per heavy atom. The van der Waals surface area contributed by atoms with E-state index in [4.69, 9.17) is 18.9 Å². The average molecular weight is 569 g/mol. The molecule has 1 atom stereocenters. The van der Waals surface area contributed by atoms with Crippen LogP contribution in [0.2, 0.25) is 0 Å². The average Bonchev–Trinajstić information content (AvgIpc) is 3.36. The van der Waals surface area contributed by atoms with Gasteiger partial charge < -0.3 is 29.6 Å². The fraction of sp³-hybridized carbons (Fsp3) is 0.480. The summed E-state index contributed by atoms with van der Waals surface area (Å²) in [5, 5.41) is 6.65. The maximum atomic E-state index is 5.93. The maximum absolute atomic E-state index is 5.93. The summed E-state index contributed by atoms with van der Waals surface area (Å²) in [7, 11) is 3.42. The second kappa shape index (κ2) is 15.7. The van der Waals surface area contributed by atoms with E-state index >= 15 is 0 Å². The van der Waals surface area contributed by atoms with Gasteiger partial charge in [-0.1, -0.05) is 36.4 Å². The van der Waals surface area contributed by atoms with Gasteiger partial charge in [0.25, 0.3) is 0 Å². The van der Waals surface area contributed by atoms with Gasteiger partial charge in [-0.15, -0.1) is 24.0 Å². The zero-order valence-corrected chi connectivity index (χ0v) is 21.9. The van der Waals surface area contributed by atoms with Gasteiger partial charge in [0.05, 0.1) is 19.8 Å². The molecule has 2 aromatic rings. The molecule has 3 rings (SSSR count). The Morgan fingerprint density at radius 3 is 2.67 bits per heavy atom. The summed E-state index contributed by atoms with van der Waals surface area (Å²) in [6.07, 6.45) is 3.45. The minimum atomic E-state index is 0. The lowest BCUT2D eigenvalue weighted by Gasteiger charge is -2.15. The molecule has 0 radical (unpaired) electrons. The molecule has 182 valence electrons. The predicted octanol–water partition coefficient (Wildman–Crippen LogP) is 4.14. The molecule has 1 aliphatic heterocycles. The lowest BCUT2D eigenvalue weighted by atomic mass is 10.2. The lowest BCUT2D eigenvalue weighted by Crippen LogP contribution is -2.37. The Bertz CT molecular complexity index is 830. The molecule has 1 saturated heterocycles. The van der Waals surface area contributed by atoms with E-state index < -0.39 is 0 Å². The predicted molar refractivity (Wildman–Crippen MR) is 142 cm³/mol. The highest BCUT2D eigenvalue weighted by Crippen LogP contribution is 2.28. The number of halogens is 1. The molecule has 1 aliphatic rings. The Labute approximate surface area is 214 Å². The number of methoxy groups -OCH3 is 1. The molecule has 1 fully saturated rings. The van der Waals surface area contributed by atoms with Gasteiger partial charge >= 0.3 is 0 Å². The van der Waals surface area contributed by atoms with Crippen molar-refractivity contribution in [1.82, 2.24) is 10.6 Å². The van der Waals surface area contributed by atoms with Crippen molar-refractivity contribution >= 4 is 29.9 Å². The van der Waals surface area contributed by atoms with Gasteiger partial charge in [-0.05, 0) is 42.5 Å². The van der Waals surface area contributed by atoms with Crippen molar-refractivity contribution in [3.8, 4) is 11.5 Å². The standard InChI is InChI=1S/C25H35N3O4.HI/c1-26-25(27-13-7-14-30-19-22-10-6-15-31-22)28-17-21-11-12-23(24(16-21)29-2)32-18-20-8-4-3-5-9-20;/h3-5,8-9,11-12,16,22H,6-7,10,13-15,17-19H2,1-2H3,(H2,26,27,28);1H. The third-order valence-corrected chi connectivity index (χ3v) is 5.23. The van der Waals surface area contributed by atoms with Gasteiger partial charge in [0.2, 0.25) is 0 Å². The van der Waals surface area contributed by atoms with Crippen LogP contribution in [-0.2, 0) is 22.6 Å². The number of rotatable bonds is 12. The summed E-state index contributed by atoms with van der Waals surface area (Å²) in [5.41, 5.74) is 2.20. The Morgan fingerprint density at radius 1 is 1.09 bits per heavy atom. The molecule has 0 aliphatic carbocycles. The number of nitrogens with one attached hydrogen (secondary N) is 2. The number of benzene rings is 2. The van der Waals surface area contributed by atoms with Gasteiger partial charge in [0.15, 0.2) is 17.5 Å². The number of ether oxygens (including phenoxy) is 4. The molecule has 0 bridgehead atoms. The molecule has 0 saturated carbocycles. The third-order valence-electron chi connectivity index (χ3n) is 5.23. The van der Waals surface area contributed by atoms with Crippen LogP contribution in [0.3, 0.4) is 0 Å². The van der Waals surface area contributed by atoms with E-state index in [2.05, 4.69) is 15.6 Å². The molecule has 0 aromatic heterocycles. The molecule has 2 aromatic carbocycles. The molecule has 7 nitrogen and oxygen atoms in total. The van der Waals surface area contributed by atoms with E-state index in [0.717, 1.165) is 55.3 Å². The van der Waals surface area contributed by atoms with Gasteiger partial charge in [0, 0.05) is 33.4 Å². The number of aliphatic imine (C=N–C) groups is 1. The van der Waals surface area contributed by atoms with Crippen LogP contribution < -0.4 is 20.1 Å². The quantitative estimate of drug-likeness (QED) is 0.173. The van der Waals surface area contributed by atoms with Crippen molar-refractivity contribution < 1.29 is 18.9 Å². The molecule has 33 heavy (non-hydrogen) atoms. The van der Waals surface area contributed by atoms with Crippen LogP contribution in [0.1, 0.15) is 30.4 Å². The van der Waals surface area contributed by atoms with Crippen LogP contribution in [0.4, 0.5) is 0 Å². The third kappa shape index (κ3) is 9.77. The number of hydrogen-bond acceptors (Lipinski definition) is 5. The second-order valence-corrected chi connectivity index (χ2v) is 7.68. The first kappa shape index (κ1) is 27.2. The molecular formula is C25H36IN3O4. The smallest absolute Gasteiger partial charge is 0.191 e. The van der Waals surface area contributed by atoms with Gasteiger partial charge in [0.1, 0.15) is 6.61 Å².